The van der Waals surface area contributed by atoms with Gasteiger partial charge in [0.25, 0.3) is 10.0 Å². The third-order valence-corrected chi connectivity index (χ3v) is 7.41. The highest BCUT2D eigenvalue weighted by molar-refractivity contribution is 7.91. The van der Waals surface area contributed by atoms with E-state index in [-0.39, 0.29) is 34.2 Å². The van der Waals surface area contributed by atoms with Crippen LogP contribution in [0.4, 0.5) is 0 Å². The van der Waals surface area contributed by atoms with Crippen molar-refractivity contribution in [1.29, 1.82) is 0 Å². The van der Waals surface area contributed by atoms with Gasteiger partial charge in [-0.1, -0.05) is 20.8 Å². The van der Waals surface area contributed by atoms with Crippen LogP contribution in [0.5, 0.6) is 0 Å². The van der Waals surface area contributed by atoms with E-state index in [1.807, 2.05) is 0 Å². The minimum absolute atomic E-state index is 0.0254. The highest BCUT2D eigenvalue weighted by Gasteiger charge is 2.31. The minimum Gasteiger partial charge on any atom is -0.478 e. The number of carbonyl (C=O) groups is 2. The summed E-state index contributed by atoms with van der Waals surface area (Å²) in [6, 6.07) is 1.18. The maximum absolute atomic E-state index is 12.6. The molecule has 0 aromatic carbocycles. The fraction of sp³-hybridized carbons (Fsp3) is 0.625. The summed E-state index contributed by atoms with van der Waals surface area (Å²) in [4.78, 5) is 24.9. The molecule has 0 atom stereocenters. The lowest BCUT2D eigenvalue weighted by Crippen LogP contribution is -2.50. The molecule has 0 aliphatic carbocycles. The molecule has 0 saturated carbocycles. The number of carboxylic acid groups (broad SMARTS) is 1. The Labute approximate surface area is 152 Å². The summed E-state index contributed by atoms with van der Waals surface area (Å²) >= 11 is 0.905. The molecule has 0 radical (unpaired) electrons. The van der Waals surface area contributed by atoms with Crippen LogP contribution in [0.2, 0.25) is 0 Å². The van der Waals surface area contributed by atoms with Gasteiger partial charge in [0, 0.05) is 38.0 Å². The standard InChI is InChI=1S/C16H24N2O5S2/c1-16(2,3)5-4-13(19)17-6-8-18(9-7-17)25(22,23)14-10-12(11-24-14)15(20)21/h10-11H,4-9H2,1-3H3,(H,20,21). The maximum Gasteiger partial charge on any atom is 0.336 e. The predicted molar refractivity (Wildman–Crippen MR) is 95.3 cm³/mol. The third-order valence-electron chi connectivity index (χ3n) is 4.10. The number of carboxylic acids is 1. The van der Waals surface area contributed by atoms with Gasteiger partial charge in [-0.05, 0) is 17.9 Å². The highest BCUT2D eigenvalue weighted by atomic mass is 32.2. The second kappa shape index (κ2) is 7.43. The van der Waals surface area contributed by atoms with Gasteiger partial charge in [0.2, 0.25) is 5.91 Å². The van der Waals surface area contributed by atoms with E-state index in [9.17, 15) is 18.0 Å². The smallest absolute Gasteiger partial charge is 0.336 e. The number of piperazine rings is 1. The Morgan fingerprint density at radius 2 is 1.80 bits per heavy atom. The fourth-order valence-electron chi connectivity index (χ4n) is 2.51. The van der Waals surface area contributed by atoms with E-state index < -0.39 is 16.0 Å². The van der Waals surface area contributed by atoms with Gasteiger partial charge < -0.3 is 10.0 Å². The van der Waals surface area contributed by atoms with Crippen LogP contribution in [0.25, 0.3) is 0 Å². The van der Waals surface area contributed by atoms with E-state index in [4.69, 9.17) is 5.11 Å². The minimum atomic E-state index is -3.71. The molecule has 9 heteroatoms. The van der Waals surface area contributed by atoms with Crippen LogP contribution in [-0.2, 0) is 14.8 Å². The molecule has 2 rings (SSSR count). The van der Waals surface area contributed by atoms with E-state index in [0.717, 1.165) is 17.8 Å². The molecule has 0 spiro atoms. The Kier molecular flexibility index (Phi) is 5.90. The molecular weight excluding hydrogens is 364 g/mol. The number of hydrogen-bond acceptors (Lipinski definition) is 5. The molecule has 1 amide bonds. The molecule has 0 unspecified atom stereocenters. The molecule has 7 nitrogen and oxygen atoms in total. The van der Waals surface area contributed by atoms with Crippen molar-refractivity contribution in [3.8, 4) is 0 Å². The van der Waals surface area contributed by atoms with Crippen molar-refractivity contribution in [2.45, 2.75) is 37.8 Å². The van der Waals surface area contributed by atoms with Crippen molar-refractivity contribution >= 4 is 33.2 Å². The van der Waals surface area contributed by atoms with E-state index >= 15 is 0 Å². The molecule has 0 bridgehead atoms. The SMILES string of the molecule is CC(C)(C)CCC(=O)N1CCN(S(=O)(=O)c2cc(C(=O)O)cs2)CC1. The monoisotopic (exact) mass is 388 g/mol. The summed E-state index contributed by atoms with van der Waals surface area (Å²) in [7, 11) is -3.71. The summed E-state index contributed by atoms with van der Waals surface area (Å²) in [5.41, 5.74) is 0.0570. The zero-order valence-corrected chi connectivity index (χ0v) is 16.3. The van der Waals surface area contributed by atoms with Crippen LogP contribution in [-0.4, -0.2) is 60.8 Å². The molecule has 25 heavy (non-hydrogen) atoms. The van der Waals surface area contributed by atoms with Crippen molar-refractivity contribution in [2.24, 2.45) is 5.41 Å². The Hall–Kier alpha value is -1.45. The summed E-state index contributed by atoms with van der Waals surface area (Å²) in [6.07, 6.45) is 1.25. The Morgan fingerprint density at radius 1 is 1.20 bits per heavy atom. The van der Waals surface area contributed by atoms with Crippen LogP contribution in [0.3, 0.4) is 0 Å². The number of nitrogens with zero attached hydrogens (tertiary/aromatic N) is 2. The molecule has 1 N–H and O–H groups in total. The number of rotatable bonds is 5. The molecule has 1 aliphatic heterocycles. The Balaban J connectivity index is 1.96. The van der Waals surface area contributed by atoms with Gasteiger partial charge in [-0.25, -0.2) is 13.2 Å². The van der Waals surface area contributed by atoms with Gasteiger partial charge in [-0.15, -0.1) is 11.3 Å². The normalized spacial score (nSPS) is 16.8. The number of hydrogen-bond donors (Lipinski definition) is 1. The number of aromatic carboxylic acids is 1. The van der Waals surface area contributed by atoms with Gasteiger partial charge in [-0.2, -0.15) is 4.31 Å². The quantitative estimate of drug-likeness (QED) is 0.833. The molecule has 140 valence electrons. The molecule has 2 heterocycles. The summed E-state index contributed by atoms with van der Waals surface area (Å²) in [6.45, 7) is 7.41. The van der Waals surface area contributed by atoms with Gasteiger partial charge >= 0.3 is 5.97 Å². The third kappa shape index (κ3) is 5.02. The first-order valence-corrected chi connectivity index (χ1v) is 10.4. The largest absolute Gasteiger partial charge is 0.478 e. The predicted octanol–water partition coefficient (Wildman–Crippen LogP) is 2.11. The first kappa shape index (κ1) is 19.9. The summed E-state index contributed by atoms with van der Waals surface area (Å²) in [5, 5.41) is 10.3. The number of carbonyl (C=O) groups excluding carboxylic acids is 1. The van der Waals surface area contributed by atoms with Crippen LogP contribution in [0, 0.1) is 5.41 Å². The van der Waals surface area contributed by atoms with Gasteiger partial charge in [0.1, 0.15) is 4.21 Å². The van der Waals surface area contributed by atoms with Crippen molar-refractivity contribution < 1.29 is 23.1 Å². The highest BCUT2D eigenvalue weighted by Crippen LogP contribution is 2.25. The molecule has 1 aromatic heterocycles. The zero-order chi connectivity index (χ0) is 18.8. The molecule has 1 aliphatic rings. The van der Waals surface area contributed by atoms with Crippen LogP contribution in [0.15, 0.2) is 15.7 Å². The molecule has 1 saturated heterocycles. The number of amides is 1. The van der Waals surface area contributed by atoms with Crippen molar-refractivity contribution in [3.05, 3.63) is 17.0 Å². The van der Waals surface area contributed by atoms with Gasteiger partial charge in [0.05, 0.1) is 5.56 Å². The second-order valence-corrected chi connectivity index (χ2v) is 10.4. The molecule has 1 aromatic rings. The van der Waals surface area contributed by atoms with Gasteiger partial charge in [0.15, 0.2) is 0 Å². The second-order valence-electron chi connectivity index (χ2n) is 7.31. The lowest BCUT2D eigenvalue weighted by Gasteiger charge is -2.34. The van der Waals surface area contributed by atoms with Crippen molar-refractivity contribution in [2.75, 3.05) is 26.2 Å². The van der Waals surface area contributed by atoms with Gasteiger partial charge in [-0.3, -0.25) is 4.79 Å². The summed E-state index contributed by atoms with van der Waals surface area (Å²) in [5.74, 6) is -1.09. The zero-order valence-electron chi connectivity index (χ0n) is 14.7. The van der Waals surface area contributed by atoms with Crippen LogP contribution in [0.1, 0.15) is 44.0 Å². The maximum atomic E-state index is 12.6. The first-order chi connectivity index (χ1) is 11.5. The summed E-state index contributed by atoms with van der Waals surface area (Å²) < 4.78 is 26.5. The Bertz CT molecular complexity index is 741. The fourth-order valence-corrected chi connectivity index (χ4v) is 5.24. The van der Waals surface area contributed by atoms with E-state index in [2.05, 4.69) is 20.8 Å². The van der Waals surface area contributed by atoms with Crippen molar-refractivity contribution in [3.63, 3.8) is 0 Å². The Morgan fingerprint density at radius 3 is 2.28 bits per heavy atom. The first-order valence-electron chi connectivity index (χ1n) is 8.10. The number of sulfonamides is 1. The topological polar surface area (TPSA) is 95.0 Å². The van der Waals surface area contributed by atoms with Crippen molar-refractivity contribution in [1.82, 2.24) is 9.21 Å². The van der Waals surface area contributed by atoms with E-state index in [0.29, 0.717) is 19.5 Å². The average molecular weight is 389 g/mol. The van der Waals surface area contributed by atoms with Crippen LogP contribution >= 0.6 is 11.3 Å². The molecule has 1 fully saturated rings. The lowest BCUT2D eigenvalue weighted by molar-refractivity contribution is -0.132. The average Bonchev–Trinajstić information content (AvgIpc) is 3.03. The van der Waals surface area contributed by atoms with E-state index in [1.165, 1.54) is 15.8 Å². The number of thiophene rings is 1. The van der Waals surface area contributed by atoms with E-state index in [1.54, 1.807) is 4.90 Å². The lowest BCUT2D eigenvalue weighted by atomic mass is 9.90. The molecular formula is C16H24N2O5S2. The van der Waals surface area contributed by atoms with Crippen LogP contribution < -0.4 is 0 Å².